The van der Waals surface area contributed by atoms with Crippen LogP contribution in [-0.4, -0.2) is 31.2 Å². The number of aromatic amines is 1. The van der Waals surface area contributed by atoms with Gasteiger partial charge in [-0.05, 0) is 19.4 Å². The zero-order valence-corrected chi connectivity index (χ0v) is 12.0. The lowest BCUT2D eigenvalue weighted by Crippen LogP contribution is -2.34. The Morgan fingerprint density at radius 1 is 1.33 bits per heavy atom. The van der Waals surface area contributed by atoms with Gasteiger partial charge in [-0.25, -0.2) is 13.1 Å². The van der Waals surface area contributed by atoms with Gasteiger partial charge in [0, 0.05) is 18.2 Å². The van der Waals surface area contributed by atoms with E-state index < -0.39 is 10.0 Å². The van der Waals surface area contributed by atoms with Crippen LogP contribution in [0.1, 0.15) is 39.2 Å². The monoisotopic (exact) mass is 274 g/mol. The summed E-state index contributed by atoms with van der Waals surface area (Å²) in [7, 11) is -3.51. The third-order valence-corrected chi connectivity index (χ3v) is 4.35. The van der Waals surface area contributed by atoms with Crippen molar-refractivity contribution in [2.24, 2.45) is 0 Å². The van der Waals surface area contributed by atoms with E-state index in [0.29, 0.717) is 12.1 Å². The van der Waals surface area contributed by atoms with Gasteiger partial charge in [0.2, 0.25) is 0 Å². The summed E-state index contributed by atoms with van der Waals surface area (Å²) in [5.41, 5.74) is 0.662. The molecule has 3 N–H and O–H groups in total. The van der Waals surface area contributed by atoms with Crippen molar-refractivity contribution >= 4 is 10.0 Å². The molecule has 0 spiro atoms. The van der Waals surface area contributed by atoms with Gasteiger partial charge in [-0.15, -0.1) is 0 Å². The topological polar surface area (TPSA) is 86.9 Å². The Morgan fingerprint density at radius 2 is 2.00 bits per heavy atom. The van der Waals surface area contributed by atoms with E-state index in [4.69, 9.17) is 0 Å². The zero-order valence-electron chi connectivity index (χ0n) is 11.2. The first-order chi connectivity index (χ1) is 8.55. The maximum atomic E-state index is 12.2. The Kier molecular flexibility index (Phi) is 5.77. The Morgan fingerprint density at radius 3 is 2.56 bits per heavy atom. The first-order valence-corrected chi connectivity index (χ1v) is 7.78. The fraction of sp³-hybridized carbons (Fsp3) is 0.727. The smallest absolute Gasteiger partial charge is 0.258 e. The molecule has 0 unspecified atom stereocenters. The van der Waals surface area contributed by atoms with Gasteiger partial charge in [0.1, 0.15) is 0 Å². The summed E-state index contributed by atoms with van der Waals surface area (Å²) in [6.45, 7) is 7.17. The normalized spacial score (nSPS) is 12.2. The lowest BCUT2D eigenvalue weighted by molar-refractivity contribution is 0.526. The highest BCUT2D eigenvalue weighted by Crippen LogP contribution is 2.13. The van der Waals surface area contributed by atoms with Gasteiger partial charge in [-0.2, -0.15) is 5.10 Å². The molecule has 0 atom stereocenters. The molecule has 0 saturated heterocycles. The van der Waals surface area contributed by atoms with E-state index in [1.165, 1.54) is 0 Å². The fourth-order valence-corrected chi connectivity index (χ4v) is 3.18. The van der Waals surface area contributed by atoms with Crippen LogP contribution in [0.4, 0.5) is 0 Å². The first kappa shape index (κ1) is 15.1. The van der Waals surface area contributed by atoms with E-state index >= 15 is 0 Å². The lowest BCUT2D eigenvalue weighted by Gasteiger charge is -2.14. The Balaban J connectivity index is 2.87. The predicted molar refractivity (Wildman–Crippen MR) is 70.7 cm³/mol. The molecule has 0 fully saturated rings. The molecular weight excluding hydrogens is 252 g/mol. The summed E-state index contributed by atoms with van der Waals surface area (Å²) in [6.07, 6.45) is 3.09. The van der Waals surface area contributed by atoms with Crippen molar-refractivity contribution in [3.05, 3.63) is 11.8 Å². The number of rotatable bonds is 8. The molecule has 18 heavy (non-hydrogen) atoms. The average Bonchev–Trinajstić information content (AvgIpc) is 2.82. The number of nitrogens with one attached hydrogen (secondary N) is 3. The van der Waals surface area contributed by atoms with Crippen LogP contribution < -0.4 is 10.0 Å². The fourth-order valence-electron chi connectivity index (χ4n) is 1.65. The molecule has 1 aromatic rings. The van der Waals surface area contributed by atoms with Crippen molar-refractivity contribution < 1.29 is 8.42 Å². The van der Waals surface area contributed by atoms with E-state index in [1.54, 1.807) is 6.20 Å². The second kappa shape index (κ2) is 6.86. The molecule has 0 radical (unpaired) electrons. The highest BCUT2D eigenvalue weighted by atomic mass is 32.2. The number of nitrogens with zero attached hydrogens (tertiary/aromatic N) is 1. The van der Waals surface area contributed by atoms with E-state index in [0.717, 1.165) is 19.4 Å². The van der Waals surface area contributed by atoms with Crippen LogP contribution in [0.15, 0.2) is 11.2 Å². The second-order valence-electron chi connectivity index (χ2n) is 4.14. The molecule has 0 aliphatic rings. The maximum Gasteiger partial charge on any atom is 0.258 e. The van der Waals surface area contributed by atoms with E-state index in [2.05, 4.69) is 20.2 Å². The van der Waals surface area contributed by atoms with E-state index in [1.807, 2.05) is 20.8 Å². The van der Waals surface area contributed by atoms with Gasteiger partial charge in [-0.1, -0.05) is 20.8 Å². The molecule has 7 heteroatoms. The van der Waals surface area contributed by atoms with Gasteiger partial charge < -0.3 is 5.32 Å². The number of hydrogen-bond acceptors (Lipinski definition) is 4. The molecule has 0 bridgehead atoms. The molecule has 1 rings (SSSR count). The van der Waals surface area contributed by atoms with Crippen LogP contribution in [-0.2, 0) is 16.6 Å². The number of aromatic nitrogens is 2. The SMILES string of the molecule is CCNCc1cn[nH]c1S(=O)(=O)NC(CC)CC. The Bertz CT molecular complexity index is 451. The van der Waals surface area contributed by atoms with Crippen molar-refractivity contribution in [1.29, 1.82) is 0 Å². The van der Waals surface area contributed by atoms with Crippen molar-refractivity contribution in [3.8, 4) is 0 Å². The van der Waals surface area contributed by atoms with Crippen LogP contribution >= 0.6 is 0 Å². The van der Waals surface area contributed by atoms with Gasteiger partial charge >= 0.3 is 0 Å². The van der Waals surface area contributed by atoms with Crippen molar-refractivity contribution in [2.45, 2.75) is 51.2 Å². The summed E-state index contributed by atoms with van der Waals surface area (Å²) < 4.78 is 27.1. The minimum absolute atomic E-state index is 0.0368. The highest BCUT2D eigenvalue weighted by Gasteiger charge is 2.22. The molecule has 0 amide bonds. The molecule has 1 heterocycles. The number of hydrogen-bond donors (Lipinski definition) is 3. The number of sulfonamides is 1. The minimum Gasteiger partial charge on any atom is -0.313 e. The molecule has 104 valence electrons. The van der Waals surface area contributed by atoms with Crippen molar-refractivity contribution in [1.82, 2.24) is 20.2 Å². The molecular formula is C11H22N4O2S. The Hall–Kier alpha value is -0.920. The largest absolute Gasteiger partial charge is 0.313 e. The van der Waals surface area contributed by atoms with Crippen molar-refractivity contribution in [3.63, 3.8) is 0 Å². The zero-order chi connectivity index (χ0) is 13.6. The summed E-state index contributed by atoms with van der Waals surface area (Å²) in [5.74, 6) is 0. The molecule has 6 nitrogen and oxygen atoms in total. The minimum atomic E-state index is -3.51. The summed E-state index contributed by atoms with van der Waals surface area (Å²) in [5, 5.41) is 9.64. The molecule has 1 aromatic heterocycles. The van der Waals surface area contributed by atoms with E-state index in [9.17, 15) is 8.42 Å². The second-order valence-corrected chi connectivity index (χ2v) is 5.79. The van der Waals surface area contributed by atoms with Gasteiger partial charge in [0.05, 0.1) is 6.20 Å². The highest BCUT2D eigenvalue weighted by molar-refractivity contribution is 7.89. The van der Waals surface area contributed by atoms with Crippen LogP contribution in [0, 0.1) is 0 Å². The molecule has 0 aromatic carbocycles. The van der Waals surface area contributed by atoms with Crippen LogP contribution in [0.25, 0.3) is 0 Å². The molecule has 0 saturated carbocycles. The van der Waals surface area contributed by atoms with Crippen LogP contribution in [0.2, 0.25) is 0 Å². The van der Waals surface area contributed by atoms with Crippen molar-refractivity contribution in [2.75, 3.05) is 6.54 Å². The lowest BCUT2D eigenvalue weighted by atomic mass is 10.2. The maximum absolute atomic E-state index is 12.2. The quantitative estimate of drug-likeness (QED) is 0.659. The third kappa shape index (κ3) is 3.79. The summed E-state index contributed by atoms with van der Waals surface area (Å²) in [4.78, 5) is 0. The molecule has 0 aliphatic heterocycles. The van der Waals surface area contributed by atoms with E-state index in [-0.39, 0.29) is 11.1 Å². The summed E-state index contributed by atoms with van der Waals surface area (Å²) >= 11 is 0. The van der Waals surface area contributed by atoms with Crippen LogP contribution in [0.3, 0.4) is 0 Å². The average molecular weight is 274 g/mol. The Labute approximate surface area is 109 Å². The van der Waals surface area contributed by atoms with Gasteiger partial charge in [0.25, 0.3) is 10.0 Å². The number of H-pyrrole nitrogens is 1. The van der Waals surface area contributed by atoms with Crippen LogP contribution in [0.5, 0.6) is 0 Å². The van der Waals surface area contributed by atoms with Gasteiger partial charge in [0.15, 0.2) is 5.03 Å². The third-order valence-electron chi connectivity index (χ3n) is 2.82. The predicted octanol–water partition coefficient (Wildman–Crippen LogP) is 0.986. The summed E-state index contributed by atoms with van der Waals surface area (Å²) in [6, 6.07) is -0.0368. The van der Waals surface area contributed by atoms with Gasteiger partial charge in [-0.3, -0.25) is 5.10 Å². The molecule has 0 aliphatic carbocycles. The first-order valence-electron chi connectivity index (χ1n) is 6.30. The standard InChI is InChI=1S/C11H22N4O2S/c1-4-10(5-2)15-18(16,17)11-9(7-12-6-3)8-13-14-11/h8,10,12,15H,4-7H2,1-3H3,(H,13,14).